The number of rotatable bonds is 6. The van der Waals surface area contributed by atoms with Crippen LogP contribution in [0, 0.1) is 5.92 Å². The van der Waals surface area contributed by atoms with E-state index in [-0.39, 0.29) is 11.8 Å². The summed E-state index contributed by atoms with van der Waals surface area (Å²) in [6.45, 7) is 2.24. The quantitative estimate of drug-likeness (QED) is 0.701. The Bertz CT molecular complexity index is 949. The molecule has 28 heavy (non-hydrogen) atoms. The van der Waals surface area contributed by atoms with Crippen LogP contribution in [0.25, 0.3) is 5.65 Å². The van der Waals surface area contributed by atoms with Crippen LogP contribution in [0.2, 0.25) is 0 Å². The third kappa shape index (κ3) is 3.90. The van der Waals surface area contributed by atoms with E-state index in [9.17, 15) is 4.79 Å². The van der Waals surface area contributed by atoms with Gasteiger partial charge in [-0.25, -0.2) is 0 Å². The van der Waals surface area contributed by atoms with E-state index in [4.69, 9.17) is 4.74 Å². The number of carbonyl (C=O) groups excluding carboxylic acids is 1. The molecule has 146 valence electrons. The van der Waals surface area contributed by atoms with Crippen molar-refractivity contribution in [2.75, 3.05) is 31.6 Å². The highest BCUT2D eigenvalue weighted by Crippen LogP contribution is 2.22. The summed E-state index contributed by atoms with van der Waals surface area (Å²) in [5.41, 5.74) is 1.84. The topological polar surface area (TPSA) is 84.6 Å². The smallest absolute Gasteiger partial charge is 0.223 e. The molecule has 0 aliphatic carbocycles. The van der Waals surface area contributed by atoms with Crippen molar-refractivity contribution in [3.63, 3.8) is 0 Å². The molecule has 3 heterocycles. The van der Waals surface area contributed by atoms with Crippen molar-refractivity contribution in [1.82, 2.24) is 25.1 Å². The first-order chi connectivity index (χ1) is 13.7. The Labute approximate surface area is 163 Å². The van der Waals surface area contributed by atoms with Gasteiger partial charge < -0.3 is 15.0 Å². The van der Waals surface area contributed by atoms with Crippen molar-refractivity contribution >= 4 is 17.4 Å². The van der Waals surface area contributed by atoms with E-state index in [1.54, 1.807) is 18.0 Å². The fourth-order valence-electron chi connectivity index (χ4n) is 3.63. The molecule has 0 spiro atoms. The molecule has 8 nitrogen and oxygen atoms in total. The zero-order valence-electron chi connectivity index (χ0n) is 15.9. The molecule has 2 aromatic heterocycles. The fourth-order valence-corrected chi connectivity index (χ4v) is 3.63. The Morgan fingerprint density at radius 3 is 2.86 bits per heavy atom. The molecule has 0 unspecified atom stereocenters. The van der Waals surface area contributed by atoms with Crippen molar-refractivity contribution in [1.29, 1.82) is 0 Å². The molecule has 1 N–H and O–H groups in total. The molecule has 0 radical (unpaired) electrons. The molecule has 3 aromatic rings. The maximum atomic E-state index is 12.5. The number of methoxy groups -OCH3 is 1. The first-order valence-electron chi connectivity index (χ1n) is 9.56. The maximum Gasteiger partial charge on any atom is 0.223 e. The van der Waals surface area contributed by atoms with Gasteiger partial charge in [0.2, 0.25) is 5.91 Å². The van der Waals surface area contributed by atoms with E-state index >= 15 is 0 Å². The van der Waals surface area contributed by atoms with Crippen LogP contribution in [-0.2, 0) is 11.2 Å². The number of benzene rings is 1. The predicted octanol–water partition coefficient (Wildman–Crippen LogP) is 1.71. The highest BCUT2D eigenvalue weighted by molar-refractivity contribution is 5.79. The molecule has 1 fully saturated rings. The van der Waals surface area contributed by atoms with Crippen molar-refractivity contribution in [2.45, 2.75) is 19.3 Å². The molecular formula is C20H24N6O2. The number of anilines is 1. The number of hydrogen-bond donors (Lipinski definition) is 1. The zero-order chi connectivity index (χ0) is 19.3. The molecule has 1 aliphatic heterocycles. The van der Waals surface area contributed by atoms with Crippen LogP contribution in [0.15, 0.2) is 42.7 Å². The lowest BCUT2D eigenvalue weighted by atomic mass is 9.96. The summed E-state index contributed by atoms with van der Waals surface area (Å²) in [6, 6.07) is 11.8. The minimum absolute atomic E-state index is 0.0487. The Balaban J connectivity index is 1.26. The molecular weight excluding hydrogens is 356 g/mol. The Kier molecular flexibility index (Phi) is 5.36. The summed E-state index contributed by atoms with van der Waals surface area (Å²) >= 11 is 0. The SMILES string of the molecule is COc1ccccc1CCNC(=O)C1CCN(c2ccc3nncn3n2)CC1. The van der Waals surface area contributed by atoms with Crippen molar-refractivity contribution in [3.8, 4) is 5.75 Å². The standard InChI is InChI=1S/C20H24N6O2/c1-28-17-5-3-2-4-15(17)8-11-21-20(27)16-9-12-25(13-10-16)19-7-6-18-23-22-14-26(18)24-19/h2-7,14,16H,8-13H2,1H3,(H,21,27). The number of amides is 1. The first kappa shape index (κ1) is 18.2. The molecule has 1 aliphatic rings. The second-order valence-electron chi connectivity index (χ2n) is 6.94. The Morgan fingerprint density at radius 2 is 2.04 bits per heavy atom. The van der Waals surface area contributed by atoms with E-state index in [0.29, 0.717) is 6.54 Å². The number of aromatic nitrogens is 4. The minimum atomic E-state index is 0.0487. The number of piperidine rings is 1. The van der Waals surface area contributed by atoms with Gasteiger partial charge in [-0.15, -0.1) is 15.3 Å². The normalized spacial score (nSPS) is 15.0. The predicted molar refractivity (Wildman–Crippen MR) is 105 cm³/mol. The number of para-hydroxylation sites is 1. The molecule has 0 saturated carbocycles. The van der Waals surface area contributed by atoms with E-state index in [1.807, 2.05) is 36.4 Å². The van der Waals surface area contributed by atoms with E-state index < -0.39 is 0 Å². The molecule has 4 rings (SSSR count). The van der Waals surface area contributed by atoms with E-state index in [1.165, 1.54) is 0 Å². The van der Waals surface area contributed by atoms with Gasteiger partial charge in [0.1, 0.15) is 17.9 Å². The second-order valence-corrected chi connectivity index (χ2v) is 6.94. The Morgan fingerprint density at radius 1 is 1.21 bits per heavy atom. The largest absolute Gasteiger partial charge is 0.496 e. The van der Waals surface area contributed by atoms with Gasteiger partial charge in [-0.3, -0.25) is 4.79 Å². The lowest BCUT2D eigenvalue weighted by Gasteiger charge is -2.32. The lowest BCUT2D eigenvalue weighted by molar-refractivity contribution is -0.125. The average molecular weight is 380 g/mol. The summed E-state index contributed by atoms with van der Waals surface area (Å²) in [5, 5.41) is 15.4. The number of fused-ring (bicyclic) bond motifs is 1. The summed E-state index contributed by atoms with van der Waals surface area (Å²) in [4.78, 5) is 14.7. The molecule has 0 bridgehead atoms. The summed E-state index contributed by atoms with van der Waals surface area (Å²) in [6.07, 6.45) is 4.00. The summed E-state index contributed by atoms with van der Waals surface area (Å²) in [7, 11) is 1.67. The Hall–Kier alpha value is -3.16. The monoisotopic (exact) mass is 380 g/mol. The summed E-state index contributed by atoms with van der Waals surface area (Å²) in [5.74, 6) is 1.94. The fraction of sp³-hybridized carbons (Fsp3) is 0.400. The number of nitrogens with one attached hydrogen (secondary N) is 1. The first-order valence-corrected chi connectivity index (χ1v) is 9.56. The maximum absolute atomic E-state index is 12.5. The van der Waals surface area contributed by atoms with E-state index in [0.717, 1.165) is 55.1 Å². The van der Waals surface area contributed by atoms with Crippen molar-refractivity contribution in [3.05, 3.63) is 48.3 Å². The van der Waals surface area contributed by atoms with Crippen LogP contribution in [0.5, 0.6) is 5.75 Å². The second kappa shape index (κ2) is 8.24. The van der Waals surface area contributed by atoms with Crippen LogP contribution >= 0.6 is 0 Å². The van der Waals surface area contributed by atoms with Gasteiger partial charge in [0.25, 0.3) is 0 Å². The average Bonchev–Trinajstić information content (AvgIpc) is 3.22. The van der Waals surface area contributed by atoms with Crippen molar-refractivity contribution in [2.24, 2.45) is 5.92 Å². The molecule has 0 atom stereocenters. The van der Waals surface area contributed by atoms with Crippen LogP contribution in [0.3, 0.4) is 0 Å². The molecule has 1 saturated heterocycles. The van der Waals surface area contributed by atoms with Crippen LogP contribution in [0.4, 0.5) is 5.82 Å². The van der Waals surface area contributed by atoms with Crippen molar-refractivity contribution < 1.29 is 9.53 Å². The van der Waals surface area contributed by atoms with Gasteiger partial charge in [0.15, 0.2) is 5.65 Å². The third-order valence-corrected chi connectivity index (χ3v) is 5.22. The molecule has 1 aromatic carbocycles. The zero-order valence-corrected chi connectivity index (χ0v) is 15.9. The van der Waals surface area contributed by atoms with Gasteiger partial charge in [-0.2, -0.15) is 4.52 Å². The van der Waals surface area contributed by atoms with Crippen LogP contribution in [0.1, 0.15) is 18.4 Å². The summed E-state index contributed by atoms with van der Waals surface area (Å²) < 4.78 is 7.03. The molecule has 1 amide bonds. The van der Waals surface area contributed by atoms with Gasteiger partial charge in [0, 0.05) is 25.6 Å². The van der Waals surface area contributed by atoms with Gasteiger partial charge >= 0.3 is 0 Å². The lowest BCUT2D eigenvalue weighted by Crippen LogP contribution is -2.41. The van der Waals surface area contributed by atoms with Crippen LogP contribution in [-0.4, -0.2) is 52.5 Å². The highest BCUT2D eigenvalue weighted by Gasteiger charge is 2.25. The third-order valence-electron chi connectivity index (χ3n) is 5.22. The number of ether oxygens (including phenoxy) is 1. The minimum Gasteiger partial charge on any atom is -0.496 e. The van der Waals surface area contributed by atoms with E-state index in [2.05, 4.69) is 25.5 Å². The number of hydrogen-bond acceptors (Lipinski definition) is 6. The van der Waals surface area contributed by atoms with Gasteiger partial charge in [-0.05, 0) is 43.0 Å². The van der Waals surface area contributed by atoms with Crippen LogP contribution < -0.4 is 15.0 Å². The number of nitrogens with zero attached hydrogens (tertiary/aromatic N) is 5. The molecule has 8 heteroatoms. The van der Waals surface area contributed by atoms with Gasteiger partial charge in [0.05, 0.1) is 7.11 Å². The van der Waals surface area contributed by atoms with Gasteiger partial charge in [-0.1, -0.05) is 18.2 Å². The number of carbonyl (C=O) groups is 1. The highest BCUT2D eigenvalue weighted by atomic mass is 16.5.